The molecule has 1 saturated heterocycles. The molecule has 2 aliphatic rings. The summed E-state index contributed by atoms with van der Waals surface area (Å²) >= 11 is 0. The second-order valence-electron chi connectivity index (χ2n) is 9.23. The molecule has 1 aromatic carbocycles. The van der Waals surface area contributed by atoms with E-state index in [4.69, 9.17) is 4.74 Å². The molecular formula is C23H31N5O3. The quantitative estimate of drug-likeness (QED) is 0.777. The second kappa shape index (κ2) is 8.61. The first-order chi connectivity index (χ1) is 14.8. The summed E-state index contributed by atoms with van der Waals surface area (Å²) in [7, 11) is 0. The van der Waals surface area contributed by atoms with E-state index in [0.717, 1.165) is 30.0 Å². The third-order valence-electron chi connectivity index (χ3n) is 5.65. The molecule has 0 spiro atoms. The molecule has 2 amide bonds. The largest absolute Gasteiger partial charge is 0.444 e. The van der Waals surface area contributed by atoms with Gasteiger partial charge >= 0.3 is 6.09 Å². The Morgan fingerprint density at radius 2 is 1.77 bits per heavy atom. The third-order valence-corrected chi connectivity index (χ3v) is 5.65. The number of carbonyl (C=O) groups is 2. The Balaban J connectivity index is 1.42. The lowest BCUT2D eigenvalue weighted by Crippen LogP contribution is -2.40. The molecule has 3 heterocycles. The van der Waals surface area contributed by atoms with E-state index in [-0.39, 0.29) is 12.0 Å². The first-order valence-electron chi connectivity index (χ1n) is 11.0. The molecule has 8 nitrogen and oxygen atoms in total. The molecule has 0 unspecified atom stereocenters. The highest BCUT2D eigenvalue weighted by Crippen LogP contribution is 2.25. The molecule has 1 aromatic heterocycles. The Morgan fingerprint density at radius 3 is 2.45 bits per heavy atom. The molecule has 0 atom stereocenters. The fourth-order valence-electron chi connectivity index (χ4n) is 4.06. The van der Waals surface area contributed by atoms with Gasteiger partial charge in [0.25, 0.3) is 5.91 Å². The molecule has 4 rings (SSSR count). The van der Waals surface area contributed by atoms with Crippen molar-refractivity contribution in [2.24, 2.45) is 0 Å². The first-order valence-corrected chi connectivity index (χ1v) is 11.0. The maximum Gasteiger partial charge on any atom is 0.410 e. The summed E-state index contributed by atoms with van der Waals surface area (Å²) in [6, 6.07) is 7.94. The van der Waals surface area contributed by atoms with Crippen LogP contribution in [-0.2, 0) is 17.7 Å². The molecule has 0 aliphatic carbocycles. The van der Waals surface area contributed by atoms with Crippen molar-refractivity contribution in [1.82, 2.24) is 15.1 Å². The zero-order valence-electron chi connectivity index (χ0n) is 18.5. The smallest absolute Gasteiger partial charge is 0.410 e. The van der Waals surface area contributed by atoms with Crippen molar-refractivity contribution in [3.8, 4) is 0 Å². The topological polar surface area (TPSA) is 90.6 Å². The average Bonchev–Trinajstić information content (AvgIpc) is 3.17. The van der Waals surface area contributed by atoms with Crippen LogP contribution in [0.4, 0.5) is 16.2 Å². The van der Waals surface area contributed by atoms with E-state index in [9.17, 15) is 9.59 Å². The van der Waals surface area contributed by atoms with Crippen LogP contribution in [0.3, 0.4) is 0 Å². The number of nitrogens with zero attached hydrogens (tertiary/aromatic N) is 3. The fourth-order valence-corrected chi connectivity index (χ4v) is 4.06. The lowest BCUT2D eigenvalue weighted by molar-refractivity contribution is 0.0222. The van der Waals surface area contributed by atoms with Crippen LogP contribution in [0.2, 0.25) is 0 Å². The van der Waals surface area contributed by atoms with Crippen molar-refractivity contribution in [3.63, 3.8) is 0 Å². The van der Waals surface area contributed by atoms with Gasteiger partial charge in [0.15, 0.2) is 5.69 Å². The van der Waals surface area contributed by atoms with Crippen molar-refractivity contribution in [3.05, 3.63) is 41.2 Å². The summed E-state index contributed by atoms with van der Waals surface area (Å²) in [5, 5.41) is 10.1. The molecule has 0 bridgehead atoms. The Labute approximate surface area is 182 Å². The summed E-state index contributed by atoms with van der Waals surface area (Å²) < 4.78 is 5.48. The van der Waals surface area contributed by atoms with Gasteiger partial charge in [-0.3, -0.25) is 9.89 Å². The average molecular weight is 426 g/mol. The highest BCUT2D eigenvalue weighted by atomic mass is 16.6. The van der Waals surface area contributed by atoms with Gasteiger partial charge in [-0.25, -0.2) is 4.79 Å². The minimum Gasteiger partial charge on any atom is -0.444 e. The molecule has 166 valence electrons. The molecular weight excluding hydrogens is 394 g/mol. The number of ether oxygens (including phenoxy) is 1. The molecule has 2 aliphatic heterocycles. The van der Waals surface area contributed by atoms with Crippen LogP contribution in [0.25, 0.3) is 0 Å². The highest BCUT2D eigenvalue weighted by Gasteiger charge is 2.30. The van der Waals surface area contributed by atoms with Crippen molar-refractivity contribution < 1.29 is 14.3 Å². The van der Waals surface area contributed by atoms with E-state index in [0.29, 0.717) is 25.2 Å². The summed E-state index contributed by atoms with van der Waals surface area (Å²) in [5.74, 6) is -0.283. The van der Waals surface area contributed by atoms with E-state index in [1.54, 1.807) is 4.90 Å². The molecule has 2 N–H and O–H groups in total. The van der Waals surface area contributed by atoms with Crippen LogP contribution in [-0.4, -0.2) is 52.3 Å². The van der Waals surface area contributed by atoms with Gasteiger partial charge in [0.2, 0.25) is 0 Å². The van der Waals surface area contributed by atoms with Crippen molar-refractivity contribution in [2.75, 3.05) is 29.9 Å². The molecule has 0 radical (unpaired) electrons. The predicted octanol–water partition coefficient (Wildman–Crippen LogP) is 3.95. The lowest BCUT2D eigenvalue weighted by atomic mass is 10.1. The molecule has 2 aromatic rings. The number of carbonyl (C=O) groups excluding carboxylic acids is 2. The summed E-state index contributed by atoms with van der Waals surface area (Å²) in [4.78, 5) is 29.3. The normalized spacial score (nSPS) is 16.6. The van der Waals surface area contributed by atoms with Crippen LogP contribution in [0, 0.1) is 0 Å². The van der Waals surface area contributed by atoms with Crippen molar-refractivity contribution in [1.29, 1.82) is 0 Å². The number of piperidine rings is 1. The zero-order valence-corrected chi connectivity index (χ0v) is 18.5. The lowest BCUT2D eigenvalue weighted by Gasteiger charge is -2.30. The van der Waals surface area contributed by atoms with E-state index in [1.807, 2.05) is 45.0 Å². The van der Waals surface area contributed by atoms with E-state index >= 15 is 0 Å². The van der Waals surface area contributed by atoms with Crippen molar-refractivity contribution in [2.45, 2.75) is 58.6 Å². The Bertz CT molecular complexity index is 939. The van der Waals surface area contributed by atoms with Crippen LogP contribution >= 0.6 is 0 Å². The van der Waals surface area contributed by atoms with Crippen LogP contribution < -0.4 is 10.2 Å². The van der Waals surface area contributed by atoms with Gasteiger partial charge in [-0.1, -0.05) is 0 Å². The maximum absolute atomic E-state index is 12.9. The summed E-state index contributed by atoms with van der Waals surface area (Å²) in [5.41, 5.74) is 3.31. The van der Waals surface area contributed by atoms with E-state index in [1.165, 1.54) is 24.9 Å². The number of hydrogen-bond acceptors (Lipinski definition) is 5. The first kappa shape index (κ1) is 21.2. The van der Waals surface area contributed by atoms with Gasteiger partial charge in [-0.05, 0) is 64.3 Å². The number of rotatable bonds is 3. The summed E-state index contributed by atoms with van der Waals surface area (Å²) in [6.45, 7) is 8.52. The van der Waals surface area contributed by atoms with Gasteiger partial charge in [0, 0.05) is 48.7 Å². The fraction of sp³-hybridized carbons (Fsp3) is 0.522. The number of aromatic nitrogens is 2. The second-order valence-corrected chi connectivity index (χ2v) is 9.23. The molecule has 31 heavy (non-hydrogen) atoms. The number of amides is 2. The van der Waals surface area contributed by atoms with Crippen LogP contribution in [0.15, 0.2) is 24.3 Å². The van der Waals surface area contributed by atoms with E-state index < -0.39 is 5.60 Å². The Kier molecular flexibility index (Phi) is 5.89. The highest BCUT2D eigenvalue weighted by molar-refractivity contribution is 6.04. The van der Waals surface area contributed by atoms with Gasteiger partial charge in [-0.15, -0.1) is 0 Å². The minimum absolute atomic E-state index is 0.283. The number of aromatic amines is 1. The van der Waals surface area contributed by atoms with Crippen LogP contribution in [0.1, 0.15) is 61.8 Å². The maximum atomic E-state index is 12.9. The third kappa shape index (κ3) is 5.00. The van der Waals surface area contributed by atoms with Gasteiger partial charge in [0.05, 0.1) is 6.54 Å². The molecule has 1 fully saturated rings. The molecule has 8 heteroatoms. The Morgan fingerprint density at radius 1 is 1.06 bits per heavy atom. The molecule has 0 saturated carbocycles. The number of benzene rings is 1. The SMILES string of the molecule is CC(C)(C)OC(=O)N1CCc2[nH]nc(C(=O)Nc3ccc(N4CCCCC4)cc3)c2C1. The Hall–Kier alpha value is -3.03. The van der Waals surface area contributed by atoms with Crippen LogP contribution in [0.5, 0.6) is 0 Å². The van der Waals surface area contributed by atoms with Gasteiger partial charge < -0.3 is 19.9 Å². The monoisotopic (exact) mass is 425 g/mol. The minimum atomic E-state index is -0.561. The van der Waals surface area contributed by atoms with Gasteiger partial charge in [0.1, 0.15) is 5.60 Å². The standard InChI is InChI=1S/C23H31N5O3/c1-23(2,3)31-22(30)28-14-11-19-18(15-28)20(26-25-19)21(29)24-16-7-9-17(10-8-16)27-12-5-4-6-13-27/h7-10H,4-6,11-15H2,1-3H3,(H,24,29)(H,25,26). The summed E-state index contributed by atoms with van der Waals surface area (Å²) in [6.07, 6.45) is 3.98. The number of anilines is 2. The predicted molar refractivity (Wildman–Crippen MR) is 119 cm³/mol. The van der Waals surface area contributed by atoms with Gasteiger partial charge in [-0.2, -0.15) is 5.10 Å². The van der Waals surface area contributed by atoms with E-state index in [2.05, 4.69) is 20.4 Å². The number of H-pyrrole nitrogens is 1. The number of nitrogens with one attached hydrogen (secondary N) is 2. The van der Waals surface area contributed by atoms with Crippen molar-refractivity contribution >= 4 is 23.4 Å². The number of fused-ring (bicyclic) bond motifs is 1. The zero-order chi connectivity index (χ0) is 22.0. The number of hydrogen-bond donors (Lipinski definition) is 2.